The first kappa shape index (κ1) is 24.6. The van der Waals surface area contributed by atoms with E-state index in [0.717, 1.165) is 48.4 Å². The smallest absolute Gasteiger partial charge is 0.260 e. The Labute approximate surface area is 224 Å². The van der Waals surface area contributed by atoms with Crippen molar-refractivity contribution in [3.8, 4) is 11.1 Å². The van der Waals surface area contributed by atoms with Crippen LogP contribution in [0.3, 0.4) is 0 Å². The minimum atomic E-state index is 0.00614. The van der Waals surface area contributed by atoms with Crippen LogP contribution in [0.2, 0.25) is 0 Å². The predicted molar refractivity (Wildman–Crippen MR) is 156 cm³/mol. The van der Waals surface area contributed by atoms with Crippen molar-refractivity contribution in [1.29, 1.82) is 0 Å². The molecule has 3 heterocycles. The van der Waals surface area contributed by atoms with E-state index in [0.29, 0.717) is 24.1 Å². The molecule has 2 aliphatic rings. The summed E-state index contributed by atoms with van der Waals surface area (Å²) in [6, 6.07) is 18.8. The van der Waals surface area contributed by atoms with E-state index in [-0.39, 0.29) is 5.56 Å². The highest BCUT2D eigenvalue weighted by Crippen LogP contribution is 2.39. The van der Waals surface area contributed by atoms with Crippen LogP contribution in [0, 0.1) is 0 Å². The van der Waals surface area contributed by atoms with Crippen molar-refractivity contribution in [1.82, 2.24) is 19.4 Å². The number of fused-ring (bicyclic) bond motifs is 1. The number of hydrogen-bond donors (Lipinski definition) is 1. The largest absolute Gasteiger partial charge is 0.369 e. The SMILES string of the molecule is CCn1c(=O)c(-c2ccccc2C2CCCC2)cc2cnc(Nc3ccc(N4CCN(C)CC4)cc3)nc21. The van der Waals surface area contributed by atoms with Crippen LogP contribution in [0.15, 0.2) is 65.6 Å². The zero-order chi connectivity index (χ0) is 26.1. The fourth-order valence-corrected chi connectivity index (χ4v) is 5.99. The van der Waals surface area contributed by atoms with Crippen molar-refractivity contribution in [3.63, 3.8) is 0 Å². The molecule has 0 unspecified atom stereocenters. The van der Waals surface area contributed by atoms with E-state index in [1.165, 1.54) is 36.9 Å². The highest BCUT2D eigenvalue weighted by atomic mass is 16.1. The summed E-state index contributed by atoms with van der Waals surface area (Å²) in [5, 5.41) is 4.21. The van der Waals surface area contributed by atoms with E-state index in [1.807, 2.05) is 25.3 Å². The minimum Gasteiger partial charge on any atom is -0.369 e. The molecule has 1 N–H and O–H groups in total. The first-order valence-corrected chi connectivity index (χ1v) is 13.9. The van der Waals surface area contributed by atoms with Gasteiger partial charge in [0, 0.05) is 61.2 Å². The average Bonchev–Trinajstić information content (AvgIpc) is 3.49. The molecule has 0 atom stereocenters. The van der Waals surface area contributed by atoms with Crippen molar-refractivity contribution in [2.75, 3.05) is 43.4 Å². The van der Waals surface area contributed by atoms with Gasteiger partial charge in [0.05, 0.1) is 0 Å². The van der Waals surface area contributed by atoms with Gasteiger partial charge in [-0.1, -0.05) is 37.1 Å². The van der Waals surface area contributed by atoms with Gasteiger partial charge >= 0.3 is 0 Å². The Morgan fingerprint density at radius 3 is 2.42 bits per heavy atom. The first-order chi connectivity index (χ1) is 18.6. The molecule has 38 heavy (non-hydrogen) atoms. The molecule has 0 amide bonds. The third kappa shape index (κ3) is 4.78. The standard InChI is InChI=1S/C31H36N6O/c1-3-37-29-23(20-28(30(37)38)27-11-7-6-10-26(27)22-8-4-5-9-22)21-32-31(34-29)33-24-12-14-25(15-13-24)36-18-16-35(2)17-19-36/h6-7,10-15,20-22H,3-5,8-9,16-19H2,1-2H3,(H,32,33,34). The van der Waals surface area contributed by atoms with Crippen molar-refractivity contribution < 1.29 is 0 Å². The van der Waals surface area contributed by atoms with Gasteiger partial charge in [-0.05, 0) is 74.2 Å². The third-order valence-corrected chi connectivity index (χ3v) is 8.18. The zero-order valence-corrected chi connectivity index (χ0v) is 22.4. The summed E-state index contributed by atoms with van der Waals surface area (Å²) in [4.78, 5) is 27.9. The number of likely N-dealkylation sites (N-methyl/N-ethyl adjacent to an activating group) is 1. The molecule has 4 aromatic rings. The molecule has 196 valence electrons. The Morgan fingerprint density at radius 2 is 1.68 bits per heavy atom. The van der Waals surface area contributed by atoms with Gasteiger partial charge in [-0.15, -0.1) is 0 Å². The van der Waals surface area contributed by atoms with Gasteiger partial charge in [0.25, 0.3) is 5.56 Å². The number of nitrogens with one attached hydrogen (secondary N) is 1. The Bertz CT molecular complexity index is 1480. The number of benzene rings is 2. The van der Waals surface area contributed by atoms with Gasteiger partial charge in [-0.2, -0.15) is 4.98 Å². The summed E-state index contributed by atoms with van der Waals surface area (Å²) in [5.41, 5.74) is 5.91. The summed E-state index contributed by atoms with van der Waals surface area (Å²) < 4.78 is 1.78. The maximum Gasteiger partial charge on any atom is 0.260 e. The monoisotopic (exact) mass is 508 g/mol. The van der Waals surface area contributed by atoms with Crippen LogP contribution in [-0.2, 0) is 6.54 Å². The summed E-state index contributed by atoms with van der Waals surface area (Å²) in [6.07, 6.45) is 6.74. The number of aryl methyl sites for hydroxylation is 1. The number of rotatable bonds is 6. The Kier molecular flexibility index (Phi) is 6.85. The maximum absolute atomic E-state index is 13.7. The normalized spacial score (nSPS) is 16.8. The van der Waals surface area contributed by atoms with Crippen molar-refractivity contribution in [3.05, 3.63) is 76.7 Å². The van der Waals surface area contributed by atoms with Gasteiger partial charge in [-0.3, -0.25) is 9.36 Å². The van der Waals surface area contributed by atoms with Gasteiger partial charge in [-0.25, -0.2) is 4.98 Å². The van der Waals surface area contributed by atoms with Gasteiger partial charge in [0.1, 0.15) is 5.65 Å². The predicted octanol–water partition coefficient (Wildman–Crippen LogP) is 5.63. The van der Waals surface area contributed by atoms with E-state index in [9.17, 15) is 4.79 Å². The van der Waals surface area contributed by atoms with Crippen molar-refractivity contribution in [2.24, 2.45) is 0 Å². The second kappa shape index (κ2) is 10.6. The number of pyridine rings is 1. The summed E-state index contributed by atoms with van der Waals surface area (Å²) >= 11 is 0. The highest BCUT2D eigenvalue weighted by Gasteiger charge is 2.22. The van der Waals surface area contributed by atoms with Gasteiger partial charge in [0.15, 0.2) is 0 Å². The van der Waals surface area contributed by atoms with Crippen LogP contribution >= 0.6 is 0 Å². The molecule has 1 saturated heterocycles. The van der Waals surface area contributed by atoms with Gasteiger partial charge < -0.3 is 15.1 Å². The lowest BCUT2D eigenvalue weighted by Gasteiger charge is -2.34. The van der Waals surface area contributed by atoms with E-state index in [1.54, 1.807) is 4.57 Å². The van der Waals surface area contributed by atoms with Crippen LogP contribution in [0.1, 0.15) is 44.1 Å². The van der Waals surface area contributed by atoms with Crippen LogP contribution < -0.4 is 15.8 Å². The van der Waals surface area contributed by atoms with Gasteiger partial charge in [0.2, 0.25) is 5.95 Å². The Morgan fingerprint density at radius 1 is 0.947 bits per heavy atom. The fraction of sp³-hybridized carbons (Fsp3) is 0.387. The lowest BCUT2D eigenvalue weighted by molar-refractivity contribution is 0.313. The number of anilines is 3. The molecule has 7 nitrogen and oxygen atoms in total. The zero-order valence-electron chi connectivity index (χ0n) is 22.4. The molecular formula is C31H36N6O. The summed E-state index contributed by atoms with van der Waals surface area (Å²) in [5.74, 6) is 1.02. The molecule has 2 aromatic heterocycles. The number of piperazine rings is 1. The molecule has 6 rings (SSSR count). The Hall–Kier alpha value is -3.71. The second-order valence-electron chi connectivity index (χ2n) is 10.6. The number of hydrogen-bond acceptors (Lipinski definition) is 6. The molecular weight excluding hydrogens is 472 g/mol. The van der Waals surface area contributed by atoms with Crippen LogP contribution in [0.5, 0.6) is 0 Å². The quantitative estimate of drug-likeness (QED) is 0.364. The Balaban J connectivity index is 1.30. The third-order valence-electron chi connectivity index (χ3n) is 8.18. The number of aromatic nitrogens is 3. The van der Waals surface area contributed by atoms with Crippen LogP contribution in [0.25, 0.3) is 22.2 Å². The highest BCUT2D eigenvalue weighted by molar-refractivity contribution is 5.83. The molecule has 1 aliphatic heterocycles. The molecule has 1 saturated carbocycles. The van der Waals surface area contributed by atoms with E-state index in [4.69, 9.17) is 4.98 Å². The number of nitrogens with zero attached hydrogens (tertiary/aromatic N) is 5. The van der Waals surface area contributed by atoms with E-state index < -0.39 is 0 Å². The summed E-state index contributed by atoms with van der Waals surface area (Å²) in [7, 11) is 2.17. The average molecular weight is 509 g/mol. The van der Waals surface area contributed by atoms with Crippen LogP contribution in [-0.4, -0.2) is 52.7 Å². The summed E-state index contributed by atoms with van der Waals surface area (Å²) in [6.45, 7) is 6.79. The molecule has 2 aromatic carbocycles. The molecule has 2 fully saturated rings. The maximum atomic E-state index is 13.7. The lowest BCUT2D eigenvalue weighted by Crippen LogP contribution is -2.44. The second-order valence-corrected chi connectivity index (χ2v) is 10.6. The van der Waals surface area contributed by atoms with Crippen molar-refractivity contribution >= 4 is 28.4 Å². The molecule has 0 radical (unpaired) electrons. The minimum absolute atomic E-state index is 0.00614. The topological polar surface area (TPSA) is 66.3 Å². The van der Waals surface area contributed by atoms with Crippen molar-refractivity contribution in [2.45, 2.75) is 45.1 Å². The molecule has 0 spiro atoms. The van der Waals surface area contributed by atoms with Crippen LogP contribution in [0.4, 0.5) is 17.3 Å². The fourth-order valence-electron chi connectivity index (χ4n) is 5.99. The van der Waals surface area contributed by atoms with E-state index in [2.05, 4.69) is 69.6 Å². The lowest BCUT2D eigenvalue weighted by atomic mass is 9.90. The first-order valence-electron chi connectivity index (χ1n) is 13.9. The van der Waals surface area contributed by atoms with E-state index >= 15 is 0 Å². The molecule has 0 bridgehead atoms. The molecule has 1 aliphatic carbocycles. The molecule has 7 heteroatoms.